The molecule has 1 atom stereocenters. The van der Waals surface area contributed by atoms with Crippen molar-refractivity contribution in [3.63, 3.8) is 0 Å². The van der Waals surface area contributed by atoms with Gasteiger partial charge in [-0.15, -0.1) is 0 Å². The molecule has 1 heterocycles. The summed E-state index contributed by atoms with van der Waals surface area (Å²) < 4.78 is 4.95. The predicted molar refractivity (Wildman–Crippen MR) is 55.2 cm³/mol. The number of nitrogens with two attached hydrogens (primary N) is 1. The van der Waals surface area contributed by atoms with E-state index in [9.17, 15) is 9.59 Å². The number of amides is 2. The number of nitrogens with zero attached hydrogens (tertiary/aromatic N) is 1. The molecule has 0 bridgehead atoms. The first-order chi connectivity index (χ1) is 7.16. The molecule has 15 heavy (non-hydrogen) atoms. The van der Waals surface area contributed by atoms with Crippen LogP contribution in [0.3, 0.4) is 0 Å². The molecule has 2 amide bonds. The number of hydrogen-bond donors (Lipinski definition) is 1. The van der Waals surface area contributed by atoms with Crippen molar-refractivity contribution in [1.29, 1.82) is 0 Å². The Bertz CT molecular complexity index is 243. The van der Waals surface area contributed by atoms with Crippen molar-refractivity contribution in [1.82, 2.24) is 4.90 Å². The minimum absolute atomic E-state index is 0.317. The second-order valence-electron chi connectivity index (χ2n) is 3.71. The van der Waals surface area contributed by atoms with Gasteiger partial charge in [-0.05, 0) is 19.3 Å². The van der Waals surface area contributed by atoms with Crippen LogP contribution < -0.4 is 5.73 Å². The molecule has 1 saturated heterocycles. The second-order valence-corrected chi connectivity index (χ2v) is 3.71. The first-order valence-electron chi connectivity index (χ1n) is 5.40. The lowest BCUT2D eigenvalue weighted by Gasteiger charge is -2.27. The number of rotatable bonds is 3. The van der Waals surface area contributed by atoms with Gasteiger partial charge in [-0.2, -0.15) is 0 Å². The Labute approximate surface area is 89.6 Å². The summed E-state index contributed by atoms with van der Waals surface area (Å²) in [5.74, 6) is -0.317. The molecule has 0 aliphatic carbocycles. The minimum Gasteiger partial charge on any atom is -0.449 e. The number of unbranched alkanes of at least 4 members (excludes halogenated alkanes) is 1. The van der Waals surface area contributed by atoms with Gasteiger partial charge in [0, 0.05) is 6.54 Å². The molecule has 1 fully saturated rings. The molecule has 0 radical (unpaired) electrons. The molecule has 0 aromatic heterocycles. The van der Waals surface area contributed by atoms with Crippen LogP contribution in [0, 0.1) is 0 Å². The zero-order valence-corrected chi connectivity index (χ0v) is 9.07. The van der Waals surface area contributed by atoms with Crippen LogP contribution in [0.15, 0.2) is 0 Å². The van der Waals surface area contributed by atoms with E-state index in [1.807, 2.05) is 6.92 Å². The van der Waals surface area contributed by atoms with Crippen molar-refractivity contribution in [2.75, 3.05) is 13.2 Å². The third-order valence-corrected chi connectivity index (χ3v) is 2.42. The van der Waals surface area contributed by atoms with Gasteiger partial charge in [0.05, 0.1) is 12.6 Å². The molecule has 1 unspecified atom stereocenters. The Hall–Kier alpha value is -1.10. The molecule has 1 rings (SSSR count). The van der Waals surface area contributed by atoms with Gasteiger partial charge in [-0.1, -0.05) is 13.3 Å². The maximum atomic E-state index is 11.5. The Morgan fingerprint density at radius 2 is 2.40 bits per heavy atom. The molecule has 1 aliphatic rings. The summed E-state index contributed by atoms with van der Waals surface area (Å²) in [5, 5.41) is 0. The van der Waals surface area contributed by atoms with Gasteiger partial charge < -0.3 is 10.5 Å². The normalized spacial score (nSPS) is 21.6. The SMILES string of the molecule is CCCCOC(=O)N1CCCC(N)C1=O. The first kappa shape index (κ1) is 12.0. The van der Waals surface area contributed by atoms with Crippen LogP contribution in [-0.2, 0) is 9.53 Å². The van der Waals surface area contributed by atoms with Gasteiger partial charge in [0.15, 0.2) is 0 Å². The number of piperidine rings is 1. The molecule has 0 aromatic rings. The van der Waals surface area contributed by atoms with E-state index < -0.39 is 12.1 Å². The van der Waals surface area contributed by atoms with Gasteiger partial charge in [-0.3, -0.25) is 4.79 Å². The van der Waals surface area contributed by atoms with E-state index in [1.54, 1.807) is 0 Å². The van der Waals surface area contributed by atoms with Gasteiger partial charge in [0.2, 0.25) is 5.91 Å². The zero-order chi connectivity index (χ0) is 11.3. The second kappa shape index (κ2) is 5.70. The van der Waals surface area contributed by atoms with E-state index in [0.717, 1.165) is 24.2 Å². The Morgan fingerprint density at radius 3 is 3.07 bits per heavy atom. The van der Waals surface area contributed by atoms with Crippen molar-refractivity contribution in [2.24, 2.45) is 5.73 Å². The summed E-state index contributed by atoms with van der Waals surface area (Å²) in [6.07, 6.45) is 2.64. The minimum atomic E-state index is -0.552. The van der Waals surface area contributed by atoms with E-state index in [0.29, 0.717) is 19.6 Å². The van der Waals surface area contributed by atoms with Crippen molar-refractivity contribution in [3.05, 3.63) is 0 Å². The number of carbonyl (C=O) groups excluding carboxylic acids is 2. The molecule has 0 aromatic carbocycles. The van der Waals surface area contributed by atoms with Crippen LogP contribution in [0.25, 0.3) is 0 Å². The van der Waals surface area contributed by atoms with Crippen molar-refractivity contribution in [3.8, 4) is 0 Å². The summed E-state index contributed by atoms with van der Waals surface area (Å²) in [7, 11) is 0. The van der Waals surface area contributed by atoms with Gasteiger partial charge >= 0.3 is 6.09 Å². The fraction of sp³-hybridized carbons (Fsp3) is 0.800. The van der Waals surface area contributed by atoms with Gasteiger partial charge in [-0.25, -0.2) is 9.69 Å². The average molecular weight is 214 g/mol. The molecule has 1 aliphatic heterocycles. The molecular formula is C10H18N2O3. The summed E-state index contributed by atoms with van der Waals surface area (Å²) >= 11 is 0. The molecular weight excluding hydrogens is 196 g/mol. The maximum absolute atomic E-state index is 11.5. The predicted octanol–water partition coefficient (Wildman–Crippen LogP) is 0.873. The molecule has 5 nitrogen and oxygen atoms in total. The van der Waals surface area contributed by atoms with Crippen LogP contribution in [0.4, 0.5) is 4.79 Å². The number of hydrogen-bond acceptors (Lipinski definition) is 4. The highest BCUT2D eigenvalue weighted by Crippen LogP contribution is 2.11. The monoisotopic (exact) mass is 214 g/mol. The van der Waals surface area contributed by atoms with Crippen LogP contribution in [0.2, 0.25) is 0 Å². The number of likely N-dealkylation sites (tertiary alicyclic amines) is 1. The first-order valence-corrected chi connectivity index (χ1v) is 5.40. The molecule has 2 N–H and O–H groups in total. The fourth-order valence-corrected chi connectivity index (χ4v) is 1.47. The fourth-order valence-electron chi connectivity index (χ4n) is 1.47. The Morgan fingerprint density at radius 1 is 1.67 bits per heavy atom. The quantitative estimate of drug-likeness (QED) is 0.707. The van der Waals surface area contributed by atoms with Crippen molar-refractivity contribution >= 4 is 12.0 Å². The van der Waals surface area contributed by atoms with Crippen molar-refractivity contribution < 1.29 is 14.3 Å². The van der Waals surface area contributed by atoms with Crippen LogP contribution in [-0.4, -0.2) is 36.1 Å². The summed E-state index contributed by atoms with van der Waals surface area (Å²) in [6, 6.07) is -0.544. The highest BCUT2D eigenvalue weighted by molar-refractivity contribution is 5.95. The molecule has 0 saturated carbocycles. The number of imide groups is 1. The van der Waals surface area contributed by atoms with E-state index in [4.69, 9.17) is 10.5 Å². The van der Waals surface area contributed by atoms with Crippen LogP contribution in [0.1, 0.15) is 32.6 Å². The standard InChI is InChI=1S/C10H18N2O3/c1-2-3-7-15-10(14)12-6-4-5-8(11)9(12)13/h8H,2-7,11H2,1H3. The van der Waals surface area contributed by atoms with E-state index in [2.05, 4.69) is 0 Å². The lowest BCUT2D eigenvalue weighted by Crippen LogP contribution is -2.51. The lowest BCUT2D eigenvalue weighted by atomic mass is 10.1. The molecule has 5 heteroatoms. The van der Waals surface area contributed by atoms with Crippen molar-refractivity contribution in [2.45, 2.75) is 38.6 Å². The highest BCUT2D eigenvalue weighted by atomic mass is 16.6. The largest absolute Gasteiger partial charge is 0.449 e. The highest BCUT2D eigenvalue weighted by Gasteiger charge is 2.31. The number of carbonyl (C=O) groups is 2. The zero-order valence-electron chi connectivity index (χ0n) is 9.07. The van der Waals surface area contributed by atoms with Gasteiger partial charge in [0.1, 0.15) is 0 Å². The lowest BCUT2D eigenvalue weighted by molar-refractivity contribution is -0.132. The van der Waals surface area contributed by atoms with Crippen LogP contribution in [0.5, 0.6) is 0 Å². The van der Waals surface area contributed by atoms with Crippen LogP contribution >= 0.6 is 0 Å². The number of ether oxygens (including phenoxy) is 1. The summed E-state index contributed by atoms with van der Waals surface area (Å²) in [4.78, 5) is 24.1. The smallest absolute Gasteiger partial charge is 0.416 e. The van der Waals surface area contributed by atoms with E-state index >= 15 is 0 Å². The van der Waals surface area contributed by atoms with Gasteiger partial charge in [0.25, 0.3) is 0 Å². The molecule has 86 valence electrons. The van der Waals surface area contributed by atoms with E-state index in [1.165, 1.54) is 0 Å². The molecule has 0 spiro atoms. The third-order valence-electron chi connectivity index (χ3n) is 2.42. The third kappa shape index (κ3) is 3.20. The van der Waals surface area contributed by atoms with E-state index in [-0.39, 0.29) is 5.91 Å². The summed E-state index contributed by atoms with van der Waals surface area (Å²) in [6.45, 7) is 2.81. The topological polar surface area (TPSA) is 72.6 Å². The summed E-state index contributed by atoms with van der Waals surface area (Å²) in [5.41, 5.74) is 5.56. The Balaban J connectivity index is 2.40. The Kier molecular flexibility index (Phi) is 4.55. The maximum Gasteiger partial charge on any atom is 0.416 e. The average Bonchev–Trinajstić information content (AvgIpc) is 2.22.